The molecule has 0 aliphatic carbocycles. The number of hydrogen-bond acceptors (Lipinski definition) is 1. The second-order valence-corrected chi connectivity index (χ2v) is 4.31. The van der Waals surface area contributed by atoms with E-state index in [4.69, 9.17) is 9.90 Å². The molecule has 0 atom stereocenters. The van der Waals surface area contributed by atoms with Crippen LogP contribution in [-0.2, 0) is 4.79 Å². The van der Waals surface area contributed by atoms with Crippen molar-refractivity contribution in [2.75, 3.05) is 0 Å². The molecule has 0 fully saturated rings. The number of carboxylic acid groups (broad SMARTS) is 1. The highest BCUT2D eigenvalue weighted by atomic mass is 19.4. The molecule has 3 aromatic carbocycles. The molecule has 0 saturated heterocycles. The van der Waals surface area contributed by atoms with Crippen molar-refractivity contribution in [2.24, 2.45) is 0 Å². The molecule has 1 N–H and O–H groups in total. The molecule has 0 amide bonds. The van der Waals surface area contributed by atoms with Gasteiger partial charge in [0.05, 0.1) is 0 Å². The number of benzene rings is 3. The molecule has 108 valence electrons. The molecule has 0 aliphatic rings. The van der Waals surface area contributed by atoms with Gasteiger partial charge < -0.3 is 5.11 Å². The number of hydrogen-bond donors (Lipinski definition) is 1. The van der Waals surface area contributed by atoms with E-state index in [1.54, 1.807) is 0 Å². The number of fused-ring (bicyclic) bond motifs is 3. The van der Waals surface area contributed by atoms with Crippen molar-refractivity contribution in [3.05, 3.63) is 60.7 Å². The van der Waals surface area contributed by atoms with E-state index in [-0.39, 0.29) is 0 Å². The molecule has 5 heteroatoms. The van der Waals surface area contributed by atoms with Gasteiger partial charge in [0.1, 0.15) is 0 Å². The molecule has 21 heavy (non-hydrogen) atoms. The van der Waals surface area contributed by atoms with E-state index in [2.05, 4.69) is 60.7 Å². The minimum Gasteiger partial charge on any atom is -0.475 e. The first-order valence-corrected chi connectivity index (χ1v) is 6.06. The summed E-state index contributed by atoms with van der Waals surface area (Å²) >= 11 is 0. The fourth-order valence-electron chi connectivity index (χ4n) is 1.95. The molecule has 3 aromatic rings. The normalized spacial score (nSPS) is 11.0. The van der Waals surface area contributed by atoms with E-state index in [1.165, 1.54) is 21.5 Å². The summed E-state index contributed by atoms with van der Waals surface area (Å²) in [6.45, 7) is 0. The van der Waals surface area contributed by atoms with Crippen molar-refractivity contribution in [1.82, 2.24) is 0 Å². The maximum Gasteiger partial charge on any atom is 0.490 e. The summed E-state index contributed by atoms with van der Waals surface area (Å²) in [5.41, 5.74) is 0. The van der Waals surface area contributed by atoms with Gasteiger partial charge in [-0.1, -0.05) is 60.7 Å². The van der Waals surface area contributed by atoms with Crippen LogP contribution in [0.4, 0.5) is 13.2 Å². The highest BCUT2D eigenvalue weighted by Gasteiger charge is 2.38. The summed E-state index contributed by atoms with van der Waals surface area (Å²) < 4.78 is 31.7. The Morgan fingerprint density at radius 3 is 1.43 bits per heavy atom. The lowest BCUT2D eigenvalue weighted by Crippen LogP contribution is -2.21. The maximum atomic E-state index is 10.6. The average molecular weight is 292 g/mol. The lowest BCUT2D eigenvalue weighted by atomic mass is 10.0. The fraction of sp³-hybridized carbons (Fsp3) is 0.0625. The summed E-state index contributed by atoms with van der Waals surface area (Å²) in [4.78, 5) is 8.90. The van der Waals surface area contributed by atoms with Gasteiger partial charge >= 0.3 is 12.1 Å². The third-order valence-electron chi connectivity index (χ3n) is 2.90. The van der Waals surface area contributed by atoms with Gasteiger partial charge in [0.25, 0.3) is 0 Å². The van der Waals surface area contributed by atoms with Crippen molar-refractivity contribution in [3.8, 4) is 0 Å². The second-order valence-electron chi connectivity index (χ2n) is 4.31. The van der Waals surface area contributed by atoms with E-state index in [1.807, 2.05) is 0 Å². The van der Waals surface area contributed by atoms with Gasteiger partial charge in [0, 0.05) is 0 Å². The largest absolute Gasteiger partial charge is 0.490 e. The standard InChI is InChI=1S/C14H10.C2HF3O2/c1-3-7-13-11(5-1)9-10-12-6-2-4-8-14(12)13;3-2(4,5)1(6)7/h1-10H;(H,6,7). The first-order valence-electron chi connectivity index (χ1n) is 6.06. The second kappa shape index (κ2) is 5.83. The number of halogens is 3. The van der Waals surface area contributed by atoms with Crippen molar-refractivity contribution in [2.45, 2.75) is 6.18 Å². The summed E-state index contributed by atoms with van der Waals surface area (Å²) in [6, 6.07) is 21.4. The molecule has 3 rings (SSSR count). The molecule has 0 heterocycles. The van der Waals surface area contributed by atoms with Gasteiger partial charge in [-0.2, -0.15) is 13.2 Å². The molecule has 0 spiro atoms. The number of aliphatic carboxylic acids is 1. The van der Waals surface area contributed by atoms with E-state index >= 15 is 0 Å². The van der Waals surface area contributed by atoms with Gasteiger partial charge in [0.15, 0.2) is 0 Å². The SMILES string of the molecule is O=C(O)C(F)(F)F.c1ccc2c(c1)ccc1ccccc12. The molecule has 0 radical (unpaired) electrons. The van der Waals surface area contributed by atoms with Crippen LogP contribution in [0.5, 0.6) is 0 Å². The lowest BCUT2D eigenvalue weighted by Gasteiger charge is -2.02. The summed E-state index contributed by atoms with van der Waals surface area (Å²) in [5, 5.41) is 12.4. The third-order valence-corrected chi connectivity index (χ3v) is 2.90. The van der Waals surface area contributed by atoms with Gasteiger partial charge in [-0.05, 0) is 21.5 Å². The molecular weight excluding hydrogens is 281 g/mol. The third kappa shape index (κ3) is 3.51. The fourth-order valence-corrected chi connectivity index (χ4v) is 1.95. The van der Waals surface area contributed by atoms with Crippen molar-refractivity contribution in [3.63, 3.8) is 0 Å². The Hall–Kier alpha value is -2.56. The van der Waals surface area contributed by atoms with Gasteiger partial charge in [-0.3, -0.25) is 0 Å². The Bertz CT molecular complexity index is 724. The van der Waals surface area contributed by atoms with Crippen molar-refractivity contribution < 1.29 is 23.1 Å². The number of carboxylic acids is 1. The zero-order chi connectivity index (χ0) is 15.5. The summed E-state index contributed by atoms with van der Waals surface area (Å²) in [6.07, 6.45) is -5.08. The molecular formula is C16H11F3O2. The number of carbonyl (C=O) groups is 1. The maximum absolute atomic E-state index is 10.6. The molecule has 2 nitrogen and oxygen atoms in total. The van der Waals surface area contributed by atoms with Crippen molar-refractivity contribution in [1.29, 1.82) is 0 Å². The first-order chi connectivity index (χ1) is 9.89. The quantitative estimate of drug-likeness (QED) is 0.613. The Balaban J connectivity index is 0.000000199. The predicted molar refractivity (Wildman–Crippen MR) is 75.1 cm³/mol. The highest BCUT2D eigenvalue weighted by molar-refractivity contribution is 6.07. The van der Waals surface area contributed by atoms with E-state index in [0.29, 0.717) is 0 Å². The van der Waals surface area contributed by atoms with Crippen LogP contribution < -0.4 is 0 Å². The van der Waals surface area contributed by atoms with E-state index in [9.17, 15) is 13.2 Å². The minimum absolute atomic E-state index is 1.31. The number of rotatable bonds is 0. The van der Waals surface area contributed by atoms with Gasteiger partial charge in [-0.15, -0.1) is 0 Å². The van der Waals surface area contributed by atoms with Crippen LogP contribution in [0.3, 0.4) is 0 Å². The molecule has 0 aromatic heterocycles. The van der Waals surface area contributed by atoms with Crippen LogP contribution in [0, 0.1) is 0 Å². The topological polar surface area (TPSA) is 37.3 Å². The molecule has 0 bridgehead atoms. The van der Waals surface area contributed by atoms with Crippen LogP contribution in [0.2, 0.25) is 0 Å². The van der Waals surface area contributed by atoms with Crippen LogP contribution >= 0.6 is 0 Å². The Morgan fingerprint density at radius 2 is 1.10 bits per heavy atom. The van der Waals surface area contributed by atoms with Crippen LogP contribution in [0.15, 0.2) is 60.7 Å². The van der Waals surface area contributed by atoms with E-state index in [0.717, 1.165) is 0 Å². The van der Waals surface area contributed by atoms with Gasteiger partial charge in [-0.25, -0.2) is 4.79 Å². The highest BCUT2D eigenvalue weighted by Crippen LogP contribution is 2.24. The minimum atomic E-state index is -5.08. The predicted octanol–water partition coefficient (Wildman–Crippen LogP) is 4.63. The summed E-state index contributed by atoms with van der Waals surface area (Å²) in [7, 11) is 0. The summed E-state index contributed by atoms with van der Waals surface area (Å²) in [5.74, 6) is -2.76. The monoisotopic (exact) mass is 292 g/mol. The molecule has 0 aliphatic heterocycles. The zero-order valence-corrected chi connectivity index (χ0v) is 10.8. The molecule has 0 unspecified atom stereocenters. The smallest absolute Gasteiger partial charge is 0.475 e. The first kappa shape index (κ1) is 14.8. The van der Waals surface area contributed by atoms with Gasteiger partial charge in [0.2, 0.25) is 0 Å². The number of alkyl halides is 3. The zero-order valence-electron chi connectivity index (χ0n) is 10.8. The lowest BCUT2D eigenvalue weighted by molar-refractivity contribution is -0.192. The average Bonchev–Trinajstić information content (AvgIpc) is 2.47. The van der Waals surface area contributed by atoms with E-state index < -0.39 is 12.1 Å². The Kier molecular flexibility index (Phi) is 4.12. The van der Waals surface area contributed by atoms with Crippen LogP contribution in [0.1, 0.15) is 0 Å². The van der Waals surface area contributed by atoms with Crippen LogP contribution in [-0.4, -0.2) is 17.3 Å². The Labute approximate surface area is 118 Å². The van der Waals surface area contributed by atoms with Crippen molar-refractivity contribution >= 4 is 27.5 Å². The Morgan fingerprint density at radius 1 is 0.762 bits per heavy atom. The molecule has 0 saturated carbocycles. The van der Waals surface area contributed by atoms with Crippen LogP contribution in [0.25, 0.3) is 21.5 Å².